The topological polar surface area (TPSA) is 48.8 Å². The average molecular weight is 503 g/mol. The van der Waals surface area contributed by atoms with Gasteiger partial charge in [0.2, 0.25) is 0 Å². The zero-order valence-electron chi connectivity index (χ0n) is 21.6. The Morgan fingerprint density at radius 2 is 1.70 bits per heavy atom. The SMILES string of the molecule is Cc1ccc(C(=Cc2cccc(-c3cc(C(C)C)cc4cccnc34)c2)c2ccc([S+](C)[O-])cc2)nc1. The Morgan fingerprint density at radius 1 is 0.892 bits per heavy atom. The summed E-state index contributed by atoms with van der Waals surface area (Å²) >= 11 is -1.02. The van der Waals surface area contributed by atoms with E-state index in [1.165, 1.54) is 5.56 Å². The third kappa shape index (κ3) is 5.51. The average Bonchev–Trinajstić information content (AvgIpc) is 2.92. The van der Waals surface area contributed by atoms with Gasteiger partial charge in [-0.3, -0.25) is 9.97 Å². The van der Waals surface area contributed by atoms with Crippen LogP contribution in [0, 0.1) is 6.92 Å². The van der Waals surface area contributed by atoms with Gasteiger partial charge >= 0.3 is 0 Å². The first-order valence-corrected chi connectivity index (χ1v) is 14.0. The first-order chi connectivity index (χ1) is 17.9. The fourth-order valence-corrected chi connectivity index (χ4v) is 5.01. The fraction of sp³-hybridized carbons (Fsp3) is 0.152. The van der Waals surface area contributed by atoms with Crippen LogP contribution < -0.4 is 0 Å². The molecule has 3 aromatic carbocycles. The summed E-state index contributed by atoms with van der Waals surface area (Å²) in [6.07, 6.45) is 7.63. The molecule has 0 amide bonds. The van der Waals surface area contributed by atoms with E-state index in [2.05, 4.69) is 74.5 Å². The molecule has 5 rings (SSSR count). The molecule has 0 saturated carbocycles. The molecule has 5 aromatic rings. The molecule has 0 spiro atoms. The minimum absolute atomic E-state index is 0.422. The molecule has 3 nitrogen and oxygen atoms in total. The molecule has 1 unspecified atom stereocenters. The largest absolute Gasteiger partial charge is 0.612 e. The maximum atomic E-state index is 11.9. The number of fused-ring (bicyclic) bond motifs is 1. The number of aromatic nitrogens is 2. The van der Waals surface area contributed by atoms with Crippen LogP contribution in [0.15, 0.2) is 102 Å². The highest BCUT2D eigenvalue weighted by atomic mass is 32.2. The lowest BCUT2D eigenvalue weighted by atomic mass is 9.93. The van der Waals surface area contributed by atoms with Crippen molar-refractivity contribution < 1.29 is 4.55 Å². The second kappa shape index (κ2) is 10.7. The van der Waals surface area contributed by atoms with Crippen LogP contribution in [0.3, 0.4) is 0 Å². The number of rotatable bonds is 6. The Hall–Kier alpha value is -3.73. The highest BCUT2D eigenvalue weighted by Crippen LogP contribution is 2.33. The molecular weight excluding hydrogens is 472 g/mol. The summed E-state index contributed by atoms with van der Waals surface area (Å²) < 4.78 is 11.9. The maximum Gasteiger partial charge on any atom is 0.152 e. The Balaban J connectivity index is 1.64. The van der Waals surface area contributed by atoms with Crippen molar-refractivity contribution in [3.63, 3.8) is 0 Å². The summed E-state index contributed by atoms with van der Waals surface area (Å²) in [7, 11) is 0. The summed E-state index contributed by atoms with van der Waals surface area (Å²) in [6, 6.07) is 29.3. The van der Waals surface area contributed by atoms with E-state index in [9.17, 15) is 4.55 Å². The van der Waals surface area contributed by atoms with Gasteiger partial charge in [0.1, 0.15) is 6.26 Å². The van der Waals surface area contributed by atoms with Crippen LogP contribution in [0.25, 0.3) is 33.7 Å². The number of hydrogen-bond acceptors (Lipinski definition) is 3. The summed E-state index contributed by atoms with van der Waals surface area (Å²) in [5, 5.41) is 1.16. The fourth-order valence-electron chi connectivity index (χ4n) is 4.49. The van der Waals surface area contributed by atoms with Gasteiger partial charge in [-0.25, -0.2) is 0 Å². The molecule has 0 aliphatic rings. The summed E-state index contributed by atoms with van der Waals surface area (Å²) in [5.74, 6) is 0.422. The number of aryl methyl sites for hydroxylation is 1. The zero-order chi connectivity index (χ0) is 25.9. The first kappa shape index (κ1) is 24.9. The van der Waals surface area contributed by atoms with E-state index in [4.69, 9.17) is 9.97 Å². The van der Waals surface area contributed by atoms with Crippen molar-refractivity contribution in [1.82, 2.24) is 9.97 Å². The smallest absolute Gasteiger partial charge is 0.152 e. The van der Waals surface area contributed by atoms with Crippen molar-refractivity contribution in [3.05, 3.63) is 125 Å². The molecule has 2 heterocycles. The molecule has 2 aromatic heterocycles. The van der Waals surface area contributed by atoms with Gasteiger partial charge in [-0.05, 0) is 113 Å². The van der Waals surface area contributed by atoms with Gasteiger partial charge in [0.25, 0.3) is 0 Å². The van der Waals surface area contributed by atoms with E-state index in [0.717, 1.165) is 54.9 Å². The van der Waals surface area contributed by atoms with Crippen molar-refractivity contribution in [1.29, 1.82) is 0 Å². The molecule has 0 fully saturated rings. The van der Waals surface area contributed by atoms with Crippen LogP contribution in [0.5, 0.6) is 0 Å². The van der Waals surface area contributed by atoms with Crippen molar-refractivity contribution in [2.45, 2.75) is 31.6 Å². The van der Waals surface area contributed by atoms with Gasteiger partial charge in [-0.15, -0.1) is 0 Å². The van der Waals surface area contributed by atoms with E-state index in [1.54, 1.807) is 6.26 Å². The van der Waals surface area contributed by atoms with E-state index < -0.39 is 11.2 Å². The third-order valence-electron chi connectivity index (χ3n) is 6.59. The number of benzene rings is 3. The van der Waals surface area contributed by atoms with Gasteiger partial charge < -0.3 is 4.55 Å². The minimum atomic E-state index is -1.02. The highest BCUT2D eigenvalue weighted by molar-refractivity contribution is 7.90. The Morgan fingerprint density at radius 3 is 2.41 bits per heavy atom. The van der Waals surface area contributed by atoms with Crippen LogP contribution in [-0.2, 0) is 11.2 Å². The molecule has 37 heavy (non-hydrogen) atoms. The molecule has 0 aliphatic heterocycles. The quantitative estimate of drug-likeness (QED) is 0.174. The van der Waals surface area contributed by atoms with E-state index in [1.807, 2.05) is 49.6 Å². The molecule has 184 valence electrons. The van der Waals surface area contributed by atoms with E-state index in [-0.39, 0.29) is 0 Å². The van der Waals surface area contributed by atoms with Gasteiger partial charge in [0.15, 0.2) is 4.90 Å². The first-order valence-electron chi connectivity index (χ1n) is 12.5. The molecule has 1 atom stereocenters. The van der Waals surface area contributed by atoms with Crippen molar-refractivity contribution in [2.75, 3.05) is 6.26 Å². The molecule has 4 heteroatoms. The summed E-state index contributed by atoms with van der Waals surface area (Å²) in [6.45, 7) is 6.49. The molecule has 0 radical (unpaired) electrons. The van der Waals surface area contributed by atoms with E-state index in [0.29, 0.717) is 5.92 Å². The minimum Gasteiger partial charge on any atom is -0.612 e. The lowest BCUT2D eigenvalue weighted by molar-refractivity contribution is 0.601. The van der Waals surface area contributed by atoms with Crippen LogP contribution in [0.1, 0.15) is 47.7 Å². The lowest BCUT2D eigenvalue weighted by Crippen LogP contribution is -1.98. The van der Waals surface area contributed by atoms with Crippen LogP contribution in [0.4, 0.5) is 0 Å². The Bertz CT molecular complexity index is 1570. The Kier molecular flexibility index (Phi) is 7.22. The van der Waals surface area contributed by atoms with Crippen LogP contribution in [0.2, 0.25) is 0 Å². The summed E-state index contributed by atoms with van der Waals surface area (Å²) in [4.78, 5) is 10.3. The summed E-state index contributed by atoms with van der Waals surface area (Å²) in [5.41, 5.74) is 9.73. The number of pyridine rings is 2. The van der Waals surface area contributed by atoms with Gasteiger partial charge in [-0.1, -0.05) is 44.2 Å². The predicted molar refractivity (Wildman–Crippen MR) is 156 cm³/mol. The van der Waals surface area contributed by atoms with Crippen molar-refractivity contribution >= 4 is 33.7 Å². The van der Waals surface area contributed by atoms with Gasteiger partial charge in [0.05, 0.1) is 11.2 Å². The normalized spacial score (nSPS) is 12.8. The molecule has 0 saturated heterocycles. The zero-order valence-corrected chi connectivity index (χ0v) is 22.4. The van der Waals surface area contributed by atoms with Crippen molar-refractivity contribution in [3.8, 4) is 11.1 Å². The monoisotopic (exact) mass is 502 g/mol. The second-order valence-electron chi connectivity index (χ2n) is 9.68. The standard InChI is InChI=1S/C33H30N2OS/c1-22(2)28-19-27-9-6-16-34-33(27)31(20-28)26-8-5-7-24(17-26)18-30(32-15-10-23(3)21-35-32)25-11-13-29(14-12-25)37(4)36/h5-22H,1-4H3. The second-order valence-corrected chi connectivity index (χ2v) is 11.1. The molecule has 0 aliphatic carbocycles. The maximum absolute atomic E-state index is 11.9. The molecular formula is C33H30N2OS. The van der Waals surface area contributed by atoms with Crippen molar-refractivity contribution in [2.24, 2.45) is 0 Å². The predicted octanol–water partition coefficient (Wildman–Crippen LogP) is 8.05. The van der Waals surface area contributed by atoms with Gasteiger partial charge in [-0.2, -0.15) is 0 Å². The van der Waals surface area contributed by atoms with Crippen LogP contribution >= 0.6 is 0 Å². The number of nitrogens with zero attached hydrogens (tertiary/aromatic N) is 2. The molecule has 0 bridgehead atoms. The van der Waals surface area contributed by atoms with Crippen LogP contribution in [-0.4, -0.2) is 20.8 Å². The lowest BCUT2D eigenvalue weighted by Gasteiger charge is -2.13. The third-order valence-corrected chi connectivity index (χ3v) is 7.52. The highest BCUT2D eigenvalue weighted by Gasteiger charge is 2.12. The Labute approximate surface area is 222 Å². The van der Waals surface area contributed by atoms with E-state index >= 15 is 0 Å². The molecule has 0 N–H and O–H groups in total. The van der Waals surface area contributed by atoms with Gasteiger partial charge in [0, 0.05) is 28.9 Å². The number of hydrogen-bond donors (Lipinski definition) is 0.